The molecule has 0 saturated carbocycles. The highest BCUT2D eigenvalue weighted by molar-refractivity contribution is 5.95. The lowest BCUT2D eigenvalue weighted by molar-refractivity contribution is 0.0696. The number of anilines is 1. The van der Waals surface area contributed by atoms with Gasteiger partial charge in [0, 0.05) is 12.1 Å². The first-order chi connectivity index (χ1) is 9.36. The molecule has 20 heavy (non-hydrogen) atoms. The Labute approximate surface area is 119 Å². The minimum atomic E-state index is -1.01. The van der Waals surface area contributed by atoms with Gasteiger partial charge >= 0.3 is 5.97 Å². The van der Waals surface area contributed by atoms with Crippen molar-refractivity contribution in [3.8, 4) is 0 Å². The normalized spacial score (nSPS) is 11.4. The van der Waals surface area contributed by atoms with Crippen LogP contribution < -0.4 is 5.32 Å². The van der Waals surface area contributed by atoms with Crippen molar-refractivity contribution in [3.63, 3.8) is 0 Å². The van der Waals surface area contributed by atoms with Crippen LogP contribution in [0.4, 0.5) is 5.82 Å². The molecule has 0 aromatic carbocycles. The number of carboxylic acid groups (broad SMARTS) is 1. The fraction of sp³-hybridized carbons (Fsp3) is 0.643. The summed E-state index contributed by atoms with van der Waals surface area (Å²) < 4.78 is 0. The summed E-state index contributed by atoms with van der Waals surface area (Å²) in [5, 5.41) is 29.7. The van der Waals surface area contributed by atoms with Crippen LogP contribution in [0.3, 0.4) is 0 Å². The van der Waals surface area contributed by atoms with E-state index >= 15 is 0 Å². The highest BCUT2D eigenvalue weighted by Crippen LogP contribution is 2.24. The number of rotatable bonds is 7. The predicted molar refractivity (Wildman–Crippen MR) is 77.2 cm³/mol. The average molecular weight is 281 g/mol. The van der Waals surface area contributed by atoms with Gasteiger partial charge in [0.2, 0.25) is 0 Å². The summed E-state index contributed by atoms with van der Waals surface area (Å²) in [6, 6.07) is 0. The summed E-state index contributed by atoms with van der Waals surface area (Å²) in [6.07, 6.45) is 1.73. The Morgan fingerprint density at radius 3 is 2.35 bits per heavy atom. The monoisotopic (exact) mass is 281 g/mol. The van der Waals surface area contributed by atoms with E-state index in [0.29, 0.717) is 19.3 Å². The van der Waals surface area contributed by atoms with Gasteiger partial charge in [-0.05, 0) is 38.7 Å². The van der Waals surface area contributed by atoms with Gasteiger partial charge in [-0.25, -0.2) is 4.79 Å². The van der Waals surface area contributed by atoms with E-state index in [1.54, 1.807) is 0 Å². The lowest BCUT2D eigenvalue weighted by Gasteiger charge is -2.27. The third-order valence-electron chi connectivity index (χ3n) is 3.25. The van der Waals surface area contributed by atoms with Crippen molar-refractivity contribution in [1.29, 1.82) is 0 Å². The van der Waals surface area contributed by atoms with Crippen LogP contribution in [0.25, 0.3) is 0 Å². The Bertz CT molecular complexity index is 487. The van der Waals surface area contributed by atoms with Gasteiger partial charge in [0.05, 0.1) is 5.69 Å². The van der Waals surface area contributed by atoms with Gasteiger partial charge in [0.1, 0.15) is 5.56 Å². The Morgan fingerprint density at radius 1 is 1.25 bits per heavy atom. The maximum atomic E-state index is 11.6. The molecule has 0 atom stereocenters. The molecule has 0 amide bonds. The number of carbonyl (C=O) groups is 1. The second-order valence-electron chi connectivity index (χ2n) is 5.34. The number of aromatic nitrogens is 2. The molecule has 0 aliphatic heterocycles. The Kier molecular flexibility index (Phi) is 5.44. The van der Waals surface area contributed by atoms with Gasteiger partial charge in [-0.1, -0.05) is 13.8 Å². The van der Waals surface area contributed by atoms with E-state index in [2.05, 4.69) is 15.5 Å². The summed E-state index contributed by atoms with van der Waals surface area (Å²) >= 11 is 0. The van der Waals surface area contributed by atoms with Crippen LogP contribution in [0.15, 0.2) is 0 Å². The van der Waals surface area contributed by atoms with E-state index in [9.17, 15) is 9.90 Å². The minimum absolute atomic E-state index is 0.0174. The Balaban J connectivity index is 3.30. The zero-order valence-electron chi connectivity index (χ0n) is 12.5. The zero-order valence-corrected chi connectivity index (χ0v) is 12.5. The van der Waals surface area contributed by atoms with Crippen LogP contribution in [0, 0.1) is 0 Å². The van der Waals surface area contributed by atoms with Crippen LogP contribution >= 0.6 is 0 Å². The van der Waals surface area contributed by atoms with Crippen molar-refractivity contribution in [3.05, 3.63) is 16.8 Å². The standard InChI is InChI=1S/C14H23N3O3/c1-5-9-10(6-2)16-17-12(11(9)13(19)20)15-14(3,4)7-8-18/h18H,5-8H2,1-4H3,(H,15,17)(H,19,20). The van der Waals surface area contributed by atoms with Crippen molar-refractivity contribution in [2.45, 2.75) is 52.5 Å². The van der Waals surface area contributed by atoms with Crippen LogP contribution in [-0.4, -0.2) is 38.5 Å². The Morgan fingerprint density at radius 2 is 1.90 bits per heavy atom. The number of nitrogens with one attached hydrogen (secondary N) is 1. The Hall–Kier alpha value is -1.69. The summed E-state index contributed by atoms with van der Waals surface area (Å²) in [7, 11) is 0. The molecule has 6 nitrogen and oxygen atoms in total. The molecule has 0 radical (unpaired) electrons. The summed E-state index contributed by atoms with van der Waals surface area (Å²) in [4.78, 5) is 11.6. The lowest BCUT2D eigenvalue weighted by Crippen LogP contribution is -2.33. The number of aliphatic hydroxyl groups excluding tert-OH is 1. The molecule has 1 rings (SSSR count). The molecule has 0 aliphatic carbocycles. The van der Waals surface area contributed by atoms with E-state index in [1.165, 1.54) is 0 Å². The third kappa shape index (κ3) is 3.66. The molecule has 1 heterocycles. The molecule has 112 valence electrons. The quantitative estimate of drug-likeness (QED) is 0.706. The number of hydrogen-bond acceptors (Lipinski definition) is 5. The summed E-state index contributed by atoms with van der Waals surface area (Å²) in [6.45, 7) is 7.62. The summed E-state index contributed by atoms with van der Waals surface area (Å²) in [5.41, 5.74) is 1.17. The number of aliphatic hydroxyl groups is 1. The highest BCUT2D eigenvalue weighted by atomic mass is 16.4. The maximum absolute atomic E-state index is 11.6. The highest BCUT2D eigenvalue weighted by Gasteiger charge is 2.25. The first kappa shape index (κ1) is 16.4. The van der Waals surface area contributed by atoms with Crippen molar-refractivity contribution in [2.24, 2.45) is 0 Å². The predicted octanol–water partition coefficient (Wildman–Crippen LogP) is 1.87. The maximum Gasteiger partial charge on any atom is 0.339 e. The molecule has 6 heteroatoms. The van der Waals surface area contributed by atoms with E-state index in [0.717, 1.165) is 11.3 Å². The number of aryl methyl sites for hydroxylation is 1. The molecule has 0 unspecified atom stereocenters. The molecular formula is C14H23N3O3. The van der Waals surface area contributed by atoms with Gasteiger partial charge in [0.15, 0.2) is 5.82 Å². The smallest absolute Gasteiger partial charge is 0.339 e. The zero-order chi connectivity index (χ0) is 15.3. The molecule has 1 aromatic heterocycles. The SMILES string of the molecule is CCc1nnc(NC(C)(C)CCO)c(C(=O)O)c1CC. The topological polar surface area (TPSA) is 95.3 Å². The van der Waals surface area contributed by atoms with Gasteiger partial charge in [-0.2, -0.15) is 5.10 Å². The molecule has 1 aromatic rings. The van der Waals surface area contributed by atoms with E-state index < -0.39 is 11.5 Å². The number of aromatic carboxylic acids is 1. The van der Waals surface area contributed by atoms with Gasteiger partial charge in [-0.15, -0.1) is 5.10 Å². The van der Waals surface area contributed by atoms with E-state index in [1.807, 2.05) is 27.7 Å². The van der Waals surface area contributed by atoms with Crippen LogP contribution in [-0.2, 0) is 12.8 Å². The van der Waals surface area contributed by atoms with Gasteiger partial charge in [0.25, 0.3) is 0 Å². The molecule has 0 aliphatic rings. The number of carboxylic acids is 1. The minimum Gasteiger partial charge on any atom is -0.478 e. The van der Waals surface area contributed by atoms with E-state index in [-0.39, 0.29) is 18.0 Å². The van der Waals surface area contributed by atoms with Crippen molar-refractivity contribution < 1.29 is 15.0 Å². The van der Waals surface area contributed by atoms with Crippen molar-refractivity contribution in [2.75, 3.05) is 11.9 Å². The van der Waals surface area contributed by atoms with Crippen LogP contribution in [0.5, 0.6) is 0 Å². The van der Waals surface area contributed by atoms with E-state index in [4.69, 9.17) is 5.11 Å². The van der Waals surface area contributed by atoms with Gasteiger partial charge < -0.3 is 15.5 Å². The summed E-state index contributed by atoms with van der Waals surface area (Å²) in [5.74, 6) is -0.737. The molecule has 0 spiro atoms. The molecule has 3 N–H and O–H groups in total. The lowest BCUT2D eigenvalue weighted by atomic mass is 9.99. The molecule has 0 bridgehead atoms. The fourth-order valence-corrected chi connectivity index (χ4v) is 2.15. The third-order valence-corrected chi connectivity index (χ3v) is 3.25. The van der Waals surface area contributed by atoms with Crippen molar-refractivity contribution in [1.82, 2.24) is 10.2 Å². The fourth-order valence-electron chi connectivity index (χ4n) is 2.15. The number of hydrogen-bond donors (Lipinski definition) is 3. The number of nitrogens with zero attached hydrogens (tertiary/aromatic N) is 2. The molecular weight excluding hydrogens is 258 g/mol. The second-order valence-corrected chi connectivity index (χ2v) is 5.34. The van der Waals surface area contributed by atoms with Crippen LogP contribution in [0.1, 0.15) is 55.7 Å². The molecule has 0 fully saturated rings. The van der Waals surface area contributed by atoms with Crippen LogP contribution in [0.2, 0.25) is 0 Å². The second kappa shape index (κ2) is 6.65. The first-order valence-corrected chi connectivity index (χ1v) is 6.87. The largest absolute Gasteiger partial charge is 0.478 e. The first-order valence-electron chi connectivity index (χ1n) is 6.87. The van der Waals surface area contributed by atoms with Crippen molar-refractivity contribution >= 4 is 11.8 Å². The molecule has 0 saturated heterocycles. The van der Waals surface area contributed by atoms with Gasteiger partial charge in [-0.3, -0.25) is 0 Å². The average Bonchev–Trinajstić information content (AvgIpc) is 2.36.